The number of rotatable bonds is 4. The van der Waals surface area contributed by atoms with Gasteiger partial charge in [-0.25, -0.2) is 9.97 Å². The molecule has 1 N–H and O–H groups in total. The van der Waals surface area contributed by atoms with Crippen LogP contribution in [0.3, 0.4) is 0 Å². The summed E-state index contributed by atoms with van der Waals surface area (Å²) in [5, 5.41) is 9.58. The van der Waals surface area contributed by atoms with Gasteiger partial charge in [0.1, 0.15) is 0 Å². The molecule has 3 aromatic rings. The Balaban J connectivity index is 1.85. The predicted octanol–water partition coefficient (Wildman–Crippen LogP) is 1.75. The second-order valence-corrected chi connectivity index (χ2v) is 4.87. The number of ether oxygens (including phenoxy) is 1. The number of aromatic hydroxyl groups is 1. The molecule has 0 bridgehead atoms. The lowest BCUT2D eigenvalue weighted by Gasteiger charge is -2.08. The molecule has 0 fully saturated rings. The molecule has 0 radical (unpaired) electrons. The second kappa shape index (κ2) is 5.85. The monoisotopic (exact) mass is 297 g/mol. The summed E-state index contributed by atoms with van der Waals surface area (Å²) in [5.74, 6) is 0.517. The lowest BCUT2D eigenvalue weighted by molar-refractivity contribution is 0.373. The second-order valence-electron chi connectivity index (χ2n) is 4.87. The maximum atomic E-state index is 12.3. The van der Waals surface area contributed by atoms with E-state index >= 15 is 0 Å². The summed E-state index contributed by atoms with van der Waals surface area (Å²) in [6.07, 6.45) is 3.74. The predicted molar refractivity (Wildman–Crippen MR) is 82.2 cm³/mol. The van der Waals surface area contributed by atoms with E-state index in [4.69, 9.17) is 4.74 Å². The fraction of sp³-hybridized carbons (Fsp3) is 0.188. The van der Waals surface area contributed by atoms with Gasteiger partial charge in [-0.05, 0) is 36.2 Å². The molecule has 0 aliphatic heterocycles. The average Bonchev–Trinajstić information content (AvgIpc) is 2.56. The highest BCUT2D eigenvalue weighted by Crippen LogP contribution is 2.26. The first kappa shape index (κ1) is 14.1. The number of nitrogens with zero attached hydrogens (tertiary/aromatic N) is 3. The number of aromatic nitrogens is 3. The number of phenols is 1. The van der Waals surface area contributed by atoms with Crippen molar-refractivity contribution in [1.29, 1.82) is 0 Å². The standard InChI is InChI=1S/C16H15N3O3/c1-22-14-9-11(4-5-13(14)20)6-8-19-10-18-12-3-2-7-17-15(12)16(19)21/h2-5,7,9-10,20H,6,8H2,1H3. The summed E-state index contributed by atoms with van der Waals surface area (Å²) in [5.41, 5.74) is 1.77. The van der Waals surface area contributed by atoms with Crippen molar-refractivity contribution in [2.45, 2.75) is 13.0 Å². The van der Waals surface area contributed by atoms with Gasteiger partial charge in [0.25, 0.3) is 5.56 Å². The van der Waals surface area contributed by atoms with Gasteiger partial charge in [-0.1, -0.05) is 6.07 Å². The SMILES string of the molecule is COc1cc(CCn2cnc3cccnc3c2=O)ccc1O. The zero-order chi connectivity index (χ0) is 15.5. The molecule has 6 heteroatoms. The Morgan fingerprint density at radius 1 is 1.27 bits per heavy atom. The van der Waals surface area contributed by atoms with Gasteiger partial charge < -0.3 is 9.84 Å². The number of hydrogen-bond acceptors (Lipinski definition) is 5. The summed E-state index contributed by atoms with van der Waals surface area (Å²) < 4.78 is 6.61. The molecule has 1 aromatic carbocycles. The Hall–Kier alpha value is -2.89. The van der Waals surface area contributed by atoms with E-state index in [1.54, 1.807) is 36.5 Å². The Bertz CT molecular complexity index is 874. The van der Waals surface area contributed by atoms with Gasteiger partial charge in [-0.15, -0.1) is 0 Å². The van der Waals surface area contributed by atoms with Crippen LogP contribution in [0, 0.1) is 0 Å². The Labute approximate surface area is 126 Å². The number of pyridine rings is 1. The highest BCUT2D eigenvalue weighted by molar-refractivity contribution is 5.71. The van der Waals surface area contributed by atoms with E-state index in [2.05, 4.69) is 9.97 Å². The maximum Gasteiger partial charge on any atom is 0.279 e. The molecule has 3 rings (SSSR count). The van der Waals surface area contributed by atoms with Crippen LogP contribution in [-0.4, -0.2) is 26.8 Å². The topological polar surface area (TPSA) is 77.2 Å². The van der Waals surface area contributed by atoms with Crippen LogP contribution in [-0.2, 0) is 13.0 Å². The third kappa shape index (κ3) is 2.63. The highest BCUT2D eigenvalue weighted by Gasteiger charge is 2.06. The molecule has 2 heterocycles. The number of methoxy groups -OCH3 is 1. The molecule has 0 amide bonds. The van der Waals surface area contributed by atoms with Crippen molar-refractivity contribution in [3.05, 3.63) is 58.8 Å². The summed E-state index contributed by atoms with van der Waals surface area (Å²) >= 11 is 0. The van der Waals surface area contributed by atoms with Gasteiger partial charge in [0.15, 0.2) is 17.0 Å². The number of fused-ring (bicyclic) bond motifs is 1. The van der Waals surface area contributed by atoms with Crippen molar-refractivity contribution in [1.82, 2.24) is 14.5 Å². The minimum atomic E-state index is -0.156. The van der Waals surface area contributed by atoms with Crippen LogP contribution in [0.2, 0.25) is 0 Å². The smallest absolute Gasteiger partial charge is 0.279 e. The number of phenolic OH excluding ortho intramolecular Hbond substituents is 1. The molecule has 2 aromatic heterocycles. The van der Waals surface area contributed by atoms with Crippen molar-refractivity contribution in [2.75, 3.05) is 7.11 Å². The van der Waals surface area contributed by atoms with E-state index in [0.29, 0.717) is 29.7 Å². The average molecular weight is 297 g/mol. The van der Waals surface area contributed by atoms with Gasteiger partial charge in [0.2, 0.25) is 0 Å². The first-order valence-corrected chi connectivity index (χ1v) is 6.85. The van der Waals surface area contributed by atoms with E-state index in [1.165, 1.54) is 18.0 Å². The Morgan fingerprint density at radius 2 is 2.14 bits per heavy atom. The summed E-state index contributed by atoms with van der Waals surface area (Å²) in [6.45, 7) is 0.478. The number of benzene rings is 1. The Kier molecular flexibility index (Phi) is 3.74. The van der Waals surface area contributed by atoms with Crippen molar-refractivity contribution < 1.29 is 9.84 Å². The van der Waals surface area contributed by atoms with Crippen LogP contribution in [0.4, 0.5) is 0 Å². The van der Waals surface area contributed by atoms with E-state index in [1.807, 2.05) is 0 Å². The largest absolute Gasteiger partial charge is 0.504 e. The molecule has 0 aliphatic rings. The van der Waals surface area contributed by atoms with Crippen LogP contribution < -0.4 is 10.3 Å². The number of aryl methyl sites for hydroxylation is 2. The normalized spacial score (nSPS) is 10.8. The van der Waals surface area contributed by atoms with E-state index in [-0.39, 0.29) is 11.3 Å². The fourth-order valence-electron chi connectivity index (χ4n) is 2.27. The molecular formula is C16H15N3O3. The van der Waals surface area contributed by atoms with Crippen LogP contribution in [0.25, 0.3) is 11.0 Å². The van der Waals surface area contributed by atoms with Crippen LogP contribution >= 0.6 is 0 Å². The third-order valence-electron chi connectivity index (χ3n) is 3.47. The van der Waals surface area contributed by atoms with Gasteiger partial charge in [0, 0.05) is 12.7 Å². The molecule has 22 heavy (non-hydrogen) atoms. The zero-order valence-electron chi connectivity index (χ0n) is 12.1. The van der Waals surface area contributed by atoms with Crippen LogP contribution in [0.1, 0.15) is 5.56 Å². The molecule has 0 saturated carbocycles. The van der Waals surface area contributed by atoms with Gasteiger partial charge in [-0.2, -0.15) is 0 Å². The highest BCUT2D eigenvalue weighted by atomic mass is 16.5. The number of hydrogen-bond donors (Lipinski definition) is 1. The molecule has 6 nitrogen and oxygen atoms in total. The summed E-state index contributed by atoms with van der Waals surface area (Å²) in [7, 11) is 1.50. The third-order valence-corrected chi connectivity index (χ3v) is 3.47. The molecule has 0 atom stereocenters. The zero-order valence-corrected chi connectivity index (χ0v) is 12.1. The van der Waals surface area contributed by atoms with Gasteiger partial charge in [0.05, 0.1) is 19.0 Å². The molecule has 0 aliphatic carbocycles. The first-order valence-electron chi connectivity index (χ1n) is 6.85. The van der Waals surface area contributed by atoms with Crippen LogP contribution in [0.15, 0.2) is 47.7 Å². The van der Waals surface area contributed by atoms with Crippen molar-refractivity contribution in [2.24, 2.45) is 0 Å². The maximum absolute atomic E-state index is 12.3. The van der Waals surface area contributed by atoms with E-state index < -0.39 is 0 Å². The fourth-order valence-corrected chi connectivity index (χ4v) is 2.27. The van der Waals surface area contributed by atoms with E-state index in [0.717, 1.165) is 5.56 Å². The molecule has 0 saturated heterocycles. The summed E-state index contributed by atoms with van der Waals surface area (Å²) in [4.78, 5) is 20.6. The lowest BCUT2D eigenvalue weighted by Crippen LogP contribution is -2.22. The van der Waals surface area contributed by atoms with Crippen molar-refractivity contribution in [3.8, 4) is 11.5 Å². The molecule has 0 spiro atoms. The molecule has 112 valence electrons. The van der Waals surface area contributed by atoms with E-state index in [9.17, 15) is 9.90 Å². The van der Waals surface area contributed by atoms with Crippen molar-refractivity contribution in [3.63, 3.8) is 0 Å². The lowest BCUT2D eigenvalue weighted by atomic mass is 10.1. The van der Waals surface area contributed by atoms with Crippen LogP contribution in [0.5, 0.6) is 11.5 Å². The minimum Gasteiger partial charge on any atom is -0.504 e. The molecular weight excluding hydrogens is 282 g/mol. The minimum absolute atomic E-state index is 0.0972. The first-order chi connectivity index (χ1) is 10.7. The van der Waals surface area contributed by atoms with Gasteiger partial charge in [-0.3, -0.25) is 9.36 Å². The summed E-state index contributed by atoms with van der Waals surface area (Å²) in [6, 6.07) is 8.65. The quantitative estimate of drug-likeness (QED) is 0.794. The molecule has 0 unspecified atom stereocenters. The van der Waals surface area contributed by atoms with Crippen molar-refractivity contribution >= 4 is 11.0 Å². The van der Waals surface area contributed by atoms with Gasteiger partial charge >= 0.3 is 0 Å². The Morgan fingerprint density at radius 3 is 2.95 bits per heavy atom.